The lowest BCUT2D eigenvalue weighted by Crippen LogP contribution is -2.04. The Kier molecular flexibility index (Phi) is 1.99. The van der Waals surface area contributed by atoms with Crippen molar-refractivity contribution in [3.05, 3.63) is 24.5 Å². The van der Waals surface area contributed by atoms with Crippen LogP contribution in [0.1, 0.15) is 10.5 Å². The van der Waals surface area contributed by atoms with Gasteiger partial charge in [-0.25, -0.2) is 24.4 Å². The smallest absolute Gasteiger partial charge is 0.358 e. The minimum absolute atomic E-state index is 0.0637. The Morgan fingerprint density at radius 2 is 2.22 bits per heavy atom. The molecule has 3 aromatic rings. The van der Waals surface area contributed by atoms with Crippen LogP contribution in [0, 0.1) is 0 Å². The van der Waals surface area contributed by atoms with Crippen LogP contribution in [0.2, 0.25) is 0 Å². The summed E-state index contributed by atoms with van der Waals surface area (Å²) < 4.78 is 1.28. The molecule has 0 aromatic carbocycles. The minimum atomic E-state index is -1.19. The summed E-state index contributed by atoms with van der Waals surface area (Å²) in [5.74, 6) is -0.808. The fourth-order valence-corrected chi connectivity index (χ4v) is 1.59. The number of aromatic amines is 1. The second-order valence-electron chi connectivity index (χ2n) is 3.48. The molecule has 0 saturated carbocycles. The average molecular weight is 245 g/mol. The molecule has 0 amide bonds. The zero-order valence-electron chi connectivity index (χ0n) is 8.90. The number of aromatic carboxylic acids is 1. The molecule has 18 heavy (non-hydrogen) atoms. The Balaban J connectivity index is 2.23. The molecule has 3 heterocycles. The number of hydrogen-bond acceptors (Lipinski definition) is 6. The number of nitrogens with two attached hydrogens (primary N) is 1. The Hall–Kier alpha value is -2.97. The van der Waals surface area contributed by atoms with E-state index in [1.807, 2.05) is 0 Å². The van der Waals surface area contributed by atoms with Gasteiger partial charge in [0.1, 0.15) is 11.8 Å². The van der Waals surface area contributed by atoms with Gasteiger partial charge in [-0.05, 0) is 0 Å². The third-order valence-electron chi connectivity index (χ3n) is 2.37. The van der Waals surface area contributed by atoms with Crippen LogP contribution < -0.4 is 5.73 Å². The van der Waals surface area contributed by atoms with E-state index in [1.165, 1.54) is 23.5 Å². The summed E-state index contributed by atoms with van der Waals surface area (Å²) >= 11 is 0. The number of aromatic nitrogens is 6. The molecule has 9 heteroatoms. The van der Waals surface area contributed by atoms with Crippen LogP contribution in [0.5, 0.6) is 0 Å². The number of nitrogens with one attached hydrogen (secondary N) is 1. The van der Waals surface area contributed by atoms with E-state index in [4.69, 9.17) is 10.8 Å². The zero-order valence-corrected chi connectivity index (χ0v) is 8.90. The molecule has 0 atom stereocenters. The number of nitrogen functional groups attached to an aromatic ring is 1. The maximum atomic E-state index is 10.9. The van der Waals surface area contributed by atoms with Gasteiger partial charge in [0.2, 0.25) is 0 Å². The second kappa shape index (κ2) is 3.52. The monoisotopic (exact) mass is 245 g/mol. The molecule has 9 nitrogen and oxygen atoms in total. The first-order valence-electron chi connectivity index (χ1n) is 4.89. The Morgan fingerprint density at radius 3 is 2.94 bits per heavy atom. The highest BCUT2D eigenvalue weighted by molar-refractivity contribution is 5.91. The molecule has 0 fully saturated rings. The van der Waals surface area contributed by atoms with Crippen LogP contribution >= 0.6 is 0 Å². The SMILES string of the molecule is Nc1cn(-c2ncnc3nc[nH]c23)nc1C(=O)O. The molecule has 90 valence electrons. The molecule has 4 N–H and O–H groups in total. The summed E-state index contributed by atoms with van der Waals surface area (Å²) in [5, 5.41) is 12.8. The van der Waals surface area contributed by atoms with E-state index >= 15 is 0 Å². The van der Waals surface area contributed by atoms with Crippen molar-refractivity contribution >= 4 is 22.8 Å². The summed E-state index contributed by atoms with van der Waals surface area (Å²) in [7, 11) is 0. The van der Waals surface area contributed by atoms with Gasteiger partial charge in [-0.15, -0.1) is 0 Å². The normalized spacial score (nSPS) is 10.9. The standard InChI is InChI=1S/C9H7N7O2/c10-4-1-16(15-5(4)9(17)18)8-6-7(12-2-11-6)13-3-14-8/h1-3H,10H2,(H,17,18)(H,11,12,13,14). The topological polar surface area (TPSA) is 136 Å². The van der Waals surface area contributed by atoms with E-state index in [0.29, 0.717) is 17.0 Å². The molecule has 3 aromatic heterocycles. The van der Waals surface area contributed by atoms with Crippen LogP contribution in [-0.2, 0) is 0 Å². The van der Waals surface area contributed by atoms with Gasteiger partial charge in [-0.1, -0.05) is 0 Å². The molecule has 0 spiro atoms. The summed E-state index contributed by atoms with van der Waals surface area (Å²) in [6.07, 6.45) is 4.16. The molecular formula is C9H7N7O2. The molecule has 0 aliphatic heterocycles. The Morgan fingerprint density at radius 1 is 1.39 bits per heavy atom. The molecule has 0 radical (unpaired) electrons. The quantitative estimate of drug-likeness (QED) is 0.569. The third kappa shape index (κ3) is 1.38. The van der Waals surface area contributed by atoms with Gasteiger partial charge >= 0.3 is 5.97 Å². The molecule has 0 saturated heterocycles. The van der Waals surface area contributed by atoms with Crippen molar-refractivity contribution in [3.8, 4) is 5.82 Å². The molecular weight excluding hydrogens is 238 g/mol. The van der Waals surface area contributed by atoms with Gasteiger partial charge in [0.25, 0.3) is 0 Å². The number of hydrogen-bond donors (Lipinski definition) is 3. The van der Waals surface area contributed by atoms with Crippen molar-refractivity contribution in [1.82, 2.24) is 29.7 Å². The number of rotatable bonds is 2. The Labute approximate surface area is 99.3 Å². The van der Waals surface area contributed by atoms with Gasteiger partial charge in [0.15, 0.2) is 17.2 Å². The number of carboxylic acid groups (broad SMARTS) is 1. The van der Waals surface area contributed by atoms with E-state index in [2.05, 4.69) is 25.0 Å². The lowest BCUT2D eigenvalue weighted by atomic mass is 10.4. The third-order valence-corrected chi connectivity index (χ3v) is 2.37. The second-order valence-corrected chi connectivity index (χ2v) is 3.48. The Bertz CT molecular complexity index is 744. The number of H-pyrrole nitrogens is 1. The summed E-state index contributed by atoms with van der Waals surface area (Å²) in [6, 6.07) is 0. The van der Waals surface area contributed by atoms with Crippen molar-refractivity contribution < 1.29 is 9.90 Å². The van der Waals surface area contributed by atoms with Crippen molar-refractivity contribution in [3.63, 3.8) is 0 Å². The van der Waals surface area contributed by atoms with Crippen molar-refractivity contribution in [1.29, 1.82) is 0 Å². The van der Waals surface area contributed by atoms with Crippen LogP contribution in [-0.4, -0.2) is 40.8 Å². The van der Waals surface area contributed by atoms with Gasteiger partial charge in [-0.3, -0.25) is 0 Å². The maximum Gasteiger partial charge on any atom is 0.358 e. The predicted molar refractivity (Wildman–Crippen MR) is 60.2 cm³/mol. The van der Waals surface area contributed by atoms with E-state index in [1.54, 1.807) is 0 Å². The largest absolute Gasteiger partial charge is 0.476 e. The highest BCUT2D eigenvalue weighted by Gasteiger charge is 2.16. The highest BCUT2D eigenvalue weighted by Crippen LogP contribution is 2.17. The van der Waals surface area contributed by atoms with Gasteiger partial charge in [0.05, 0.1) is 18.2 Å². The summed E-state index contributed by atoms with van der Waals surface area (Å²) in [6.45, 7) is 0. The first-order chi connectivity index (χ1) is 8.66. The van der Waals surface area contributed by atoms with Crippen molar-refractivity contribution in [2.75, 3.05) is 5.73 Å². The molecule has 0 unspecified atom stereocenters. The number of fused-ring (bicyclic) bond motifs is 1. The van der Waals surface area contributed by atoms with Gasteiger partial charge in [-0.2, -0.15) is 5.10 Å². The van der Waals surface area contributed by atoms with E-state index in [9.17, 15) is 4.79 Å². The molecule has 3 rings (SSSR count). The maximum absolute atomic E-state index is 10.9. The van der Waals surface area contributed by atoms with Crippen LogP contribution in [0.4, 0.5) is 5.69 Å². The fourth-order valence-electron chi connectivity index (χ4n) is 1.59. The first kappa shape index (κ1) is 10.2. The van der Waals surface area contributed by atoms with E-state index in [-0.39, 0.29) is 11.4 Å². The minimum Gasteiger partial charge on any atom is -0.476 e. The number of nitrogens with zero attached hydrogens (tertiary/aromatic N) is 5. The summed E-state index contributed by atoms with van der Waals surface area (Å²) in [5.41, 5.74) is 6.42. The van der Waals surface area contributed by atoms with Gasteiger partial charge in [0, 0.05) is 0 Å². The van der Waals surface area contributed by atoms with E-state index in [0.717, 1.165) is 0 Å². The number of anilines is 1. The van der Waals surface area contributed by atoms with E-state index < -0.39 is 5.97 Å². The predicted octanol–water partition coefficient (Wildman–Crippen LogP) is -0.181. The molecule has 0 aliphatic rings. The van der Waals surface area contributed by atoms with Gasteiger partial charge < -0.3 is 15.8 Å². The lowest BCUT2D eigenvalue weighted by Gasteiger charge is -1.99. The van der Waals surface area contributed by atoms with Crippen LogP contribution in [0.25, 0.3) is 17.0 Å². The van der Waals surface area contributed by atoms with Crippen molar-refractivity contribution in [2.24, 2.45) is 0 Å². The highest BCUT2D eigenvalue weighted by atomic mass is 16.4. The lowest BCUT2D eigenvalue weighted by molar-refractivity contribution is 0.0691. The number of carboxylic acids is 1. The zero-order chi connectivity index (χ0) is 12.7. The first-order valence-corrected chi connectivity index (χ1v) is 4.89. The molecule has 0 aliphatic carbocycles. The fraction of sp³-hybridized carbons (Fsp3) is 0. The average Bonchev–Trinajstić information content (AvgIpc) is 2.94. The molecule has 0 bridgehead atoms. The van der Waals surface area contributed by atoms with Crippen LogP contribution in [0.15, 0.2) is 18.9 Å². The number of imidazole rings is 1. The summed E-state index contributed by atoms with van der Waals surface area (Å²) in [4.78, 5) is 25.7. The van der Waals surface area contributed by atoms with Crippen molar-refractivity contribution in [2.45, 2.75) is 0 Å². The number of carbonyl (C=O) groups is 1. The van der Waals surface area contributed by atoms with Crippen LogP contribution in [0.3, 0.4) is 0 Å².